The van der Waals surface area contributed by atoms with Gasteiger partial charge in [-0.25, -0.2) is 9.59 Å². The average molecular weight is 316 g/mol. The molecule has 7 nitrogen and oxygen atoms in total. The zero-order chi connectivity index (χ0) is 14.7. The van der Waals surface area contributed by atoms with Gasteiger partial charge in [0, 0.05) is 12.2 Å². The number of nitrogens with one attached hydrogen (secondary N) is 1. The van der Waals surface area contributed by atoms with Gasteiger partial charge in [-0.05, 0) is 5.92 Å². The molecule has 1 fully saturated rings. The van der Waals surface area contributed by atoms with Crippen LogP contribution in [0.1, 0.15) is 18.9 Å². The Morgan fingerprint density at radius 2 is 2.25 bits per heavy atom. The maximum absolute atomic E-state index is 12.0. The van der Waals surface area contributed by atoms with E-state index in [1.54, 1.807) is 0 Å². The number of carbonyl (C=O) groups is 2. The van der Waals surface area contributed by atoms with Crippen molar-refractivity contribution in [2.75, 3.05) is 16.9 Å². The summed E-state index contributed by atoms with van der Waals surface area (Å²) in [4.78, 5) is 24.4. The Morgan fingerprint density at radius 1 is 1.50 bits per heavy atom. The van der Waals surface area contributed by atoms with Crippen molar-refractivity contribution in [3.63, 3.8) is 0 Å². The van der Waals surface area contributed by atoms with Crippen molar-refractivity contribution in [1.29, 1.82) is 0 Å². The lowest BCUT2D eigenvalue weighted by Gasteiger charge is -2.19. The highest BCUT2D eigenvalue weighted by Gasteiger charge is 2.34. The lowest BCUT2D eigenvalue weighted by molar-refractivity contribution is -0.140. The second-order valence-corrected chi connectivity index (χ2v) is 6.91. The molecular formula is C11H16N4O3S2. The Bertz CT molecular complexity index is 506. The van der Waals surface area contributed by atoms with Crippen molar-refractivity contribution in [3.05, 3.63) is 5.01 Å². The van der Waals surface area contributed by atoms with Gasteiger partial charge in [0.25, 0.3) is 0 Å². The van der Waals surface area contributed by atoms with E-state index in [0.717, 1.165) is 11.4 Å². The number of amides is 2. The summed E-state index contributed by atoms with van der Waals surface area (Å²) in [6, 6.07) is -1.21. The summed E-state index contributed by atoms with van der Waals surface area (Å²) in [5, 5.41) is 20.8. The number of anilines is 1. The smallest absolute Gasteiger partial charge is 0.327 e. The van der Waals surface area contributed by atoms with Gasteiger partial charge in [-0.2, -0.15) is 0 Å². The predicted molar refractivity (Wildman–Crippen MR) is 78.1 cm³/mol. The predicted octanol–water partition coefficient (Wildman–Crippen LogP) is 1.73. The number of aromatic nitrogens is 2. The summed E-state index contributed by atoms with van der Waals surface area (Å²) in [6.07, 6.45) is 0.810. The van der Waals surface area contributed by atoms with Crippen LogP contribution in [0.25, 0.3) is 0 Å². The van der Waals surface area contributed by atoms with E-state index in [9.17, 15) is 9.59 Å². The molecule has 2 N–H and O–H groups in total. The van der Waals surface area contributed by atoms with Crippen LogP contribution >= 0.6 is 23.1 Å². The van der Waals surface area contributed by atoms with Gasteiger partial charge in [0.2, 0.25) is 5.13 Å². The van der Waals surface area contributed by atoms with Gasteiger partial charge in [-0.15, -0.1) is 22.0 Å². The number of rotatable bonds is 4. The maximum atomic E-state index is 12.0. The highest BCUT2D eigenvalue weighted by Crippen LogP contribution is 2.23. The molecule has 2 rings (SSSR count). The zero-order valence-electron chi connectivity index (χ0n) is 11.2. The monoisotopic (exact) mass is 316 g/mol. The van der Waals surface area contributed by atoms with Gasteiger partial charge in [-0.3, -0.25) is 5.32 Å². The minimum absolute atomic E-state index is 0.375. The summed E-state index contributed by atoms with van der Waals surface area (Å²) in [7, 11) is 0. The minimum Gasteiger partial charge on any atom is -0.480 e. The fraction of sp³-hybridized carbons (Fsp3) is 0.636. The van der Waals surface area contributed by atoms with Gasteiger partial charge in [0.1, 0.15) is 11.0 Å². The van der Waals surface area contributed by atoms with Gasteiger partial charge in [0.05, 0.1) is 5.88 Å². The molecule has 9 heteroatoms. The van der Waals surface area contributed by atoms with Gasteiger partial charge < -0.3 is 10.0 Å². The first-order chi connectivity index (χ1) is 9.47. The van der Waals surface area contributed by atoms with Crippen molar-refractivity contribution in [3.8, 4) is 0 Å². The molecule has 1 aliphatic heterocycles. The molecule has 0 radical (unpaired) electrons. The summed E-state index contributed by atoms with van der Waals surface area (Å²) in [5.41, 5.74) is 0. The number of carboxylic acids is 1. The number of thioether (sulfide) groups is 1. The largest absolute Gasteiger partial charge is 0.480 e. The Morgan fingerprint density at radius 3 is 2.90 bits per heavy atom. The fourth-order valence-corrected chi connectivity index (χ4v) is 3.83. The molecule has 20 heavy (non-hydrogen) atoms. The van der Waals surface area contributed by atoms with Crippen LogP contribution in [-0.4, -0.2) is 49.9 Å². The molecular weight excluding hydrogens is 300 g/mol. The van der Waals surface area contributed by atoms with E-state index in [4.69, 9.17) is 5.11 Å². The van der Waals surface area contributed by atoms with Gasteiger partial charge >= 0.3 is 12.0 Å². The van der Waals surface area contributed by atoms with E-state index in [-0.39, 0.29) is 0 Å². The first-order valence-electron chi connectivity index (χ1n) is 6.18. The molecule has 0 unspecified atom stereocenters. The minimum atomic E-state index is -0.983. The SMILES string of the molecule is CC(C)Cc1nnc(NC(=O)N2CSC[C@H]2C(=O)O)s1. The standard InChI is InChI=1S/C11H16N4O3S2/c1-6(2)3-8-13-14-10(20-8)12-11(18)15-5-19-4-7(15)9(16)17/h6-7H,3-5H2,1-2H3,(H,16,17)(H,12,14,18)/t7-/m0/s1. The van der Waals surface area contributed by atoms with Crippen LogP contribution in [0.15, 0.2) is 0 Å². The topological polar surface area (TPSA) is 95.4 Å². The van der Waals surface area contributed by atoms with Crippen molar-refractivity contribution in [1.82, 2.24) is 15.1 Å². The number of aliphatic carboxylic acids is 1. The normalized spacial score (nSPS) is 18.6. The van der Waals surface area contributed by atoms with Crippen LogP contribution in [0.4, 0.5) is 9.93 Å². The molecule has 0 spiro atoms. The number of urea groups is 1. The highest BCUT2D eigenvalue weighted by molar-refractivity contribution is 7.99. The van der Waals surface area contributed by atoms with Gasteiger partial charge in [-0.1, -0.05) is 25.2 Å². The number of carbonyl (C=O) groups excluding carboxylic acids is 1. The first kappa shape index (κ1) is 15.0. The lowest BCUT2D eigenvalue weighted by Crippen LogP contribution is -2.43. The molecule has 1 saturated heterocycles. The molecule has 0 bridgehead atoms. The molecule has 0 aliphatic carbocycles. The second-order valence-electron chi connectivity index (χ2n) is 4.85. The van der Waals surface area contributed by atoms with Crippen LogP contribution in [0.5, 0.6) is 0 Å². The summed E-state index contributed by atoms with van der Waals surface area (Å²) < 4.78 is 0. The van der Waals surface area contributed by atoms with Crippen LogP contribution in [-0.2, 0) is 11.2 Å². The van der Waals surface area contributed by atoms with E-state index in [0.29, 0.717) is 22.7 Å². The molecule has 2 amide bonds. The molecule has 1 aliphatic rings. The number of nitrogens with zero attached hydrogens (tertiary/aromatic N) is 3. The van der Waals surface area contributed by atoms with E-state index >= 15 is 0 Å². The van der Waals surface area contributed by atoms with Crippen LogP contribution < -0.4 is 5.32 Å². The molecule has 110 valence electrons. The Labute approximate surface area is 124 Å². The Hall–Kier alpha value is -1.35. The zero-order valence-corrected chi connectivity index (χ0v) is 12.8. The number of carboxylic acid groups (broad SMARTS) is 1. The Balaban J connectivity index is 1.97. The third-order valence-corrected chi connectivity index (χ3v) is 4.57. The summed E-state index contributed by atoms with van der Waals surface area (Å²) in [5.74, 6) is 0.276. The van der Waals surface area contributed by atoms with Gasteiger partial charge in [0.15, 0.2) is 0 Å². The Kier molecular flexibility index (Phi) is 4.81. The van der Waals surface area contributed by atoms with Crippen molar-refractivity contribution in [2.24, 2.45) is 5.92 Å². The lowest BCUT2D eigenvalue weighted by atomic mass is 10.1. The third-order valence-electron chi connectivity index (χ3n) is 2.69. The number of hydrogen-bond acceptors (Lipinski definition) is 6. The van der Waals surface area contributed by atoms with E-state index in [2.05, 4.69) is 29.4 Å². The molecule has 2 heterocycles. The summed E-state index contributed by atoms with van der Waals surface area (Å²) in [6.45, 7) is 4.16. The maximum Gasteiger partial charge on any atom is 0.327 e. The third kappa shape index (κ3) is 3.60. The second kappa shape index (κ2) is 6.40. The van der Waals surface area contributed by atoms with E-state index in [1.165, 1.54) is 28.0 Å². The molecule has 0 saturated carbocycles. The van der Waals surface area contributed by atoms with E-state index in [1.807, 2.05) is 0 Å². The average Bonchev–Trinajstić information content (AvgIpc) is 2.96. The fourth-order valence-electron chi connectivity index (χ4n) is 1.75. The molecule has 1 atom stereocenters. The number of hydrogen-bond donors (Lipinski definition) is 2. The van der Waals surface area contributed by atoms with Crippen LogP contribution in [0.3, 0.4) is 0 Å². The first-order valence-corrected chi connectivity index (χ1v) is 8.15. The van der Waals surface area contributed by atoms with E-state index < -0.39 is 18.0 Å². The molecule has 0 aromatic carbocycles. The van der Waals surface area contributed by atoms with Crippen molar-refractivity contribution < 1.29 is 14.7 Å². The van der Waals surface area contributed by atoms with Crippen LogP contribution in [0, 0.1) is 5.92 Å². The summed E-state index contributed by atoms with van der Waals surface area (Å²) >= 11 is 2.75. The quantitative estimate of drug-likeness (QED) is 0.878. The molecule has 1 aromatic heterocycles. The molecule has 1 aromatic rings. The van der Waals surface area contributed by atoms with Crippen molar-refractivity contribution in [2.45, 2.75) is 26.3 Å². The van der Waals surface area contributed by atoms with Crippen molar-refractivity contribution >= 4 is 40.2 Å². The highest BCUT2D eigenvalue weighted by atomic mass is 32.2. The van der Waals surface area contributed by atoms with Crippen LogP contribution in [0.2, 0.25) is 0 Å².